The van der Waals surface area contributed by atoms with Crippen LogP contribution in [0, 0.1) is 6.92 Å². The Morgan fingerprint density at radius 2 is 1.73 bits per heavy atom. The van der Waals surface area contributed by atoms with E-state index in [1.54, 1.807) is 19.4 Å². The van der Waals surface area contributed by atoms with Crippen LogP contribution < -0.4 is 9.44 Å². The lowest BCUT2D eigenvalue weighted by Gasteiger charge is -2.09. The highest BCUT2D eigenvalue weighted by molar-refractivity contribution is 7.93. The summed E-state index contributed by atoms with van der Waals surface area (Å²) < 4.78 is 55.6. The molecule has 12 heteroatoms. The second-order valence-corrected chi connectivity index (χ2v) is 9.52. The second kappa shape index (κ2) is 6.70. The summed E-state index contributed by atoms with van der Waals surface area (Å²) in [6.07, 6.45) is 2.75. The molecule has 0 radical (unpaired) electrons. The molecule has 0 atom stereocenters. The van der Waals surface area contributed by atoms with Crippen molar-refractivity contribution in [3.8, 4) is 0 Å². The molecule has 2 aromatic heterocycles. The van der Waals surface area contributed by atoms with Crippen molar-refractivity contribution in [1.29, 1.82) is 0 Å². The maximum atomic E-state index is 12.4. The van der Waals surface area contributed by atoms with E-state index in [4.69, 9.17) is 0 Å². The molecular weight excluding hydrogens is 398 g/mol. The molecule has 1 aromatic carbocycles. The number of hydrogen-bond donors (Lipinski definition) is 2. The summed E-state index contributed by atoms with van der Waals surface area (Å²) in [7, 11) is -5.97. The van der Waals surface area contributed by atoms with E-state index >= 15 is 0 Å². The number of aryl methyl sites for hydroxylation is 1. The van der Waals surface area contributed by atoms with E-state index in [1.165, 1.54) is 41.3 Å². The van der Waals surface area contributed by atoms with Gasteiger partial charge in [-0.1, -0.05) is 0 Å². The Kier molecular flexibility index (Phi) is 4.73. The van der Waals surface area contributed by atoms with Crippen LogP contribution >= 0.6 is 11.3 Å². The van der Waals surface area contributed by atoms with Crippen molar-refractivity contribution >= 4 is 42.2 Å². The monoisotopic (exact) mass is 413 g/mol. The lowest BCUT2D eigenvalue weighted by molar-refractivity contribution is 0.599. The molecule has 0 aliphatic carbocycles. The maximum absolute atomic E-state index is 12.4. The van der Waals surface area contributed by atoms with Gasteiger partial charge in [0.1, 0.15) is 4.90 Å². The third kappa shape index (κ3) is 3.71. The van der Waals surface area contributed by atoms with Crippen molar-refractivity contribution in [2.24, 2.45) is 7.05 Å². The topological polar surface area (TPSA) is 123 Å². The van der Waals surface area contributed by atoms with Gasteiger partial charge in [-0.2, -0.15) is 5.10 Å². The molecule has 3 rings (SSSR count). The van der Waals surface area contributed by atoms with E-state index in [0.717, 1.165) is 11.3 Å². The molecule has 3 aromatic rings. The van der Waals surface area contributed by atoms with Gasteiger partial charge in [-0.05, 0) is 31.2 Å². The number of aromatic nitrogens is 3. The maximum Gasteiger partial charge on any atom is 0.265 e. The van der Waals surface area contributed by atoms with Crippen LogP contribution in [0.1, 0.15) is 5.69 Å². The van der Waals surface area contributed by atoms with Crippen LogP contribution in [-0.2, 0) is 27.1 Å². The van der Waals surface area contributed by atoms with Crippen LogP contribution in [0.4, 0.5) is 10.8 Å². The predicted octanol–water partition coefficient (Wildman–Crippen LogP) is 1.79. The molecule has 0 saturated carbocycles. The molecule has 2 heterocycles. The van der Waals surface area contributed by atoms with E-state index in [0.29, 0.717) is 5.69 Å². The minimum Gasteiger partial charge on any atom is -0.280 e. The Morgan fingerprint density at radius 3 is 2.27 bits per heavy atom. The number of nitrogens with one attached hydrogen (secondary N) is 2. The highest BCUT2D eigenvalue weighted by Gasteiger charge is 2.21. The Morgan fingerprint density at radius 1 is 1.04 bits per heavy atom. The molecule has 0 fully saturated rings. The van der Waals surface area contributed by atoms with Crippen molar-refractivity contribution in [3.05, 3.63) is 47.7 Å². The number of thiazole rings is 1. The fraction of sp³-hybridized carbons (Fsp3) is 0.143. The third-order valence-electron chi connectivity index (χ3n) is 3.55. The lowest BCUT2D eigenvalue weighted by atomic mass is 10.3. The highest BCUT2D eigenvalue weighted by Crippen LogP contribution is 2.22. The molecule has 0 bridgehead atoms. The van der Waals surface area contributed by atoms with Crippen molar-refractivity contribution in [1.82, 2.24) is 14.8 Å². The fourth-order valence-corrected chi connectivity index (χ4v) is 5.15. The fourth-order valence-electron chi connectivity index (χ4n) is 2.10. The molecule has 9 nitrogen and oxygen atoms in total. The van der Waals surface area contributed by atoms with Crippen LogP contribution in [0.3, 0.4) is 0 Å². The predicted molar refractivity (Wildman–Crippen MR) is 98.1 cm³/mol. The van der Waals surface area contributed by atoms with Crippen LogP contribution in [0.5, 0.6) is 0 Å². The van der Waals surface area contributed by atoms with E-state index in [1.807, 2.05) is 0 Å². The zero-order valence-electron chi connectivity index (χ0n) is 13.7. The first-order chi connectivity index (χ1) is 12.2. The van der Waals surface area contributed by atoms with Gasteiger partial charge in [0.2, 0.25) is 0 Å². The standard InChI is InChI=1S/C14H15N5O4S3/c1-10-13(9-16-19(10)2)26(22,23)17-11-3-5-12(6-4-11)25(20,21)18-14-15-7-8-24-14/h3-9,17H,1-2H3,(H,15,18). The summed E-state index contributed by atoms with van der Waals surface area (Å²) in [5.41, 5.74) is 0.728. The van der Waals surface area contributed by atoms with Gasteiger partial charge in [-0.15, -0.1) is 11.3 Å². The van der Waals surface area contributed by atoms with Gasteiger partial charge in [0.15, 0.2) is 5.13 Å². The van der Waals surface area contributed by atoms with Gasteiger partial charge >= 0.3 is 0 Å². The van der Waals surface area contributed by atoms with E-state index in [2.05, 4.69) is 19.5 Å². The van der Waals surface area contributed by atoms with Gasteiger partial charge in [-0.25, -0.2) is 21.8 Å². The zero-order chi connectivity index (χ0) is 18.9. The largest absolute Gasteiger partial charge is 0.280 e. The lowest BCUT2D eigenvalue weighted by Crippen LogP contribution is -2.15. The van der Waals surface area contributed by atoms with Crippen molar-refractivity contribution < 1.29 is 16.8 Å². The first-order valence-electron chi connectivity index (χ1n) is 7.23. The number of sulfonamides is 2. The Hall–Kier alpha value is -2.44. The molecule has 2 N–H and O–H groups in total. The van der Waals surface area contributed by atoms with Gasteiger partial charge < -0.3 is 0 Å². The van der Waals surface area contributed by atoms with Crippen molar-refractivity contribution in [2.45, 2.75) is 16.7 Å². The molecule has 0 aliphatic heterocycles. The average Bonchev–Trinajstić information content (AvgIpc) is 3.18. The molecule has 0 unspecified atom stereocenters. The Bertz CT molecular complexity index is 1120. The van der Waals surface area contributed by atoms with Crippen LogP contribution in [0.2, 0.25) is 0 Å². The molecule has 0 amide bonds. The normalized spacial score (nSPS) is 12.1. The van der Waals surface area contributed by atoms with Crippen molar-refractivity contribution in [2.75, 3.05) is 9.44 Å². The third-order valence-corrected chi connectivity index (χ3v) is 7.21. The minimum absolute atomic E-state index is 0.00629. The minimum atomic E-state index is -3.82. The molecule has 0 aliphatic rings. The first kappa shape index (κ1) is 18.4. The average molecular weight is 414 g/mol. The molecular formula is C14H15N5O4S3. The van der Waals surface area contributed by atoms with E-state index in [9.17, 15) is 16.8 Å². The van der Waals surface area contributed by atoms with Gasteiger partial charge in [0.05, 0.1) is 16.8 Å². The summed E-state index contributed by atoms with van der Waals surface area (Å²) in [6, 6.07) is 5.37. The van der Waals surface area contributed by atoms with Crippen LogP contribution in [0.15, 0.2) is 51.8 Å². The Balaban J connectivity index is 1.80. The Labute approximate surface area is 154 Å². The molecule has 138 valence electrons. The van der Waals surface area contributed by atoms with Crippen LogP contribution in [0.25, 0.3) is 0 Å². The van der Waals surface area contributed by atoms with Gasteiger partial charge in [0, 0.05) is 24.3 Å². The van der Waals surface area contributed by atoms with E-state index < -0.39 is 20.0 Å². The summed E-state index contributed by atoms with van der Waals surface area (Å²) in [4.78, 5) is 3.92. The quantitative estimate of drug-likeness (QED) is 0.635. The van der Waals surface area contributed by atoms with Gasteiger partial charge in [-0.3, -0.25) is 14.1 Å². The van der Waals surface area contributed by atoms with Gasteiger partial charge in [0.25, 0.3) is 20.0 Å². The molecule has 0 saturated heterocycles. The van der Waals surface area contributed by atoms with E-state index in [-0.39, 0.29) is 20.6 Å². The summed E-state index contributed by atoms with van der Waals surface area (Å²) in [6.45, 7) is 1.64. The number of rotatable bonds is 6. The number of benzene rings is 1. The highest BCUT2D eigenvalue weighted by atomic mass is 32.2. The summed E-state index contributed by atoms with van der Waals surface area (Å²) >= 11 is 1.16. The van der Waals surface area contributed by atoms with Crippen molar-refractivity contribution in [3.63, 3.8) is 0 Å². The SMILES string of the molecule is Cc1c(S(=O)(=O)Nc2ccc(S(=O)(=O)Nc3nccs3)cc2)cnn1C. The number of nitrogens with zero attached hydrogens (tertiary/aromatic N) is 3. The number of anilines is 2. The smallest absolute Gasteiger partial charge is 0.265 e. The number of hydrogen-bond acceptors (Lipinski definition) is 7. The second-order valence-electron chi connectivity index (χ2n) is 5.29. The van der Waals surface area contributed by atoms with Crippen LogP contribution in [-0.4, -0.2) is 31.6 Å². The molecule has 26 heavy (non-hydrogen) atoms. The molecule has 0 spiro atoms. The summed E-state index contributed by atoms with van der Waals surface area (Å²) in [5, 5.41) is 5.81. The first-order valence-corrected chi connectivity index (χ1v) is 11.1. The zero-order valence-corrected chi connectivity index (χ0v) is 16.2. The summed E-state index contributed by atoms with van der Waals surface area (Å²) in [5.74, 6) is 0.